The van der Waals surface area contributed by atoms with Crippen LogP contribution in [0.2, 0.25) is 0 Å². The summed E-state index contributed by atoms with van der Waals surface area (Å²) in [6.45, 7) is -0.161. The first-order valence-electron chi connectivity index (χ1n) is 5.61. The highest BCUT2D eigenvalue weighted by atomic mass is 32.2. The number of nitrogens with zero attached hydrogens (tertiary/aromatic N) is 2. The second kappa shape index (κ2) is 5.86. The van der Waals surface area contributed by atoms with Gasteiger partial charge in [-0.3, -0.25) is 4.40 Å². The first-order chi connectivity index (χ1) is 9.74. The number of aromatic nitrogens is 2. The molecule has 2 aromatic heterocycles. The summed E-state index contributed by atoms with van der Waals surface area (Å²) in [5, 5.41) is 1.56. The number of nitrogens with two attached hydrogens (primary N) is 1. The number of nitrogens with one attached hydrogen (secondary N) is 3. The van der Waals surface area contributed by atoms with Gasteiger partial charge < -0.3 is 5.43 Å². The molecule has 118 valence electrons. The molecule has 21 heavy (non-hydrogen) atoms. The highest BCUT2D eigenvalue weighted by Gasteiger charge is 2.25. The lowest BCUT2D eigenvalue weighted by molar-refractivity contribution is 0.570. The summed E-state index contributed by atoms with van der Waals surface area (Å²) < 4.78 is 52.2. The van der Waals surface area contributed by atoms with E-state index >= 15 is 0 Å². The molecule has 0 fully saturated rings. The molecule has 0 saturated heterocycles. The van der Waals surface area contributed by atoms with E-state index in [1.165, 1.54) is 15.7 Å². The SMILES string of the molecule is CS(=O)(=O)NCCNS(=O)(=O)c1c(NN)nc2sccn12. The molecule has 0 unspecified atom stereocenters. The largest absolute Gasteiger partial charge is 0.306 e. The minimum Gasteiger partial charge on any atom is -0.306 e. The number of fused-ring (bicyclic) bond motifs is 1. The Hall–Kier alpha value is -1.25. The van der Waals surface area contributed by atoms with Crippen LogP contribution in [0.3, 0.4) is 0 Å². The van der Waals surface area contributed by atoms with E-state index in [-0.39, 0.29) is 23.9 Å². The van der Waals surface area contributed by atoms with Crippen molar-refractivity contribution in [1.82, 2.24) is 18.8 Å². The van der Waals surface area contributed by atoms with Crippen molar-refractivity contribution in [2.45, 2.75) is 5.03 Å². The zero-order valence-corrected chi connectivity index (χ0v) is 13.3. The van der Waals surface area contributed by atoms with Gasteiger partial charge in [-0.2, -0.15) is 4.98 Å². The van der Waals surface area contributed by atoms with Crippen LogP contribution in [0.25, 0.3) is 4.96 Å². The minimum absolute atomic E-state index is 0.0189. The number of imidazole rings is 1. The Balaban J connectivity index is 2.19. The Labute approximate surface area is 125 Å². The number of rotatable bonds is 7. The molecule has 0 radical (unpaired) electrons. The van der Waals surface area contributed by atoms with Crippen LogP contribution in [0.1, 0.15) is 0 Å². The fraction of sp³-hybridized carbons (Fsp3) is 0.375. The third-order valence-electron chi connectivity index (χ3n) is 2.39. The Morgan fingerprint density at radius 3 is 2.57 bits per heavy atom. The number of hydrogen-bond donors (Lipinski definition) is 4. The number of nitrogen functional groups attached to an aromatic ring is 1. The van der Waals surface area contributed by atoms with Crippen LogP contribution in [0.15, 0.2) is 16.6 Å². The zero-order valence-electron chi connectivity index (χ0n) is 10.9. The van der Waals surface area contributed by atoms with Crippen molar-refractivity contribution in [2.75, 3.05) is 24.8 Å². The van der Waals surface area contributed by atoms with Crippen molar-refractivity contribution >= 4 is 42.2 Å². The molecule has 0 aliphatic carbocycles. The van der Waals surface area contributed by atoms with Crippen LogP contribution in [0.4, 0.5) is 5.82 Å². The van der Waals surface area contributed by atoms with E-state index in [9.17, 15) is 16.8 Å². The molecule has 2 rings (SSSR count). The average Bonchev–Trinajstić information content (AvgIpc) is 2.92. The number of anilines is 1. The first-order valence-corrected chi connectivity index (χ1v) is 9.86. The normalized spacial score (nSPS) is 12.9. The standard InChI is InChI=1S/C8H14N6O4S3/c1-20(15,16)10-2-3-11-21(17,18)7-6(13-9)12-8-14(7)4-5-19-8/h4-5,10-11,13H,2-3,9H2,1H3. The maximum Gasteiger partial charge on any atom is 0.260 e. The van der Waals surface area contributed by atoms with Crippen LogP contribution >= 0.6 is 11.3 Å². The van der Waals surface area contributed by atoms with Gasteiger partial charge in [0, 0.05) is 24.7 Å². The molecule has 0 amide bonds. The minimum atomic E-state index is -3.89. The summed E-state index contributed by atoms with van der Waals surface area (Å²) in [5.74, 6) is 5.30. The Bertz CT molecular complexity index is 837. The van der Waals surface area contributed by atoms with Gasteiger partial charge in [0.25, 0.3) is 10.0 Å². The Morgan fingerprint density at radius 1 is 1.29 bits per heavy atom. The van der Waals surface area contributed by atoms with Crippen molar-refractivity contribution in [3.8, 4) is 0 Å². The van der Waals surface area contributed by atoms with Crippen molar-refractivity contribution in [3.05, 3.63) is 11.6 Å². The molecule has 0 bridgehead atoms. The molecular weight excluding hydrogens is 340 g/mol. The van der Waals surface area contributed by atoms with Gasteiger partial charge in [0.15, 0.2) is 10.8 Å². The maximum absolute atomic E-state index is 12.3. The molecule has 5 N–H and O–H groups in total. The zero-order chi connectivity index (χ0) is 15.7. The van der Waals surface area contributed by atoms with Crippen molar-refractivity contribution in [2.24, 2.45) is 5.84 Å². The van der Waals surface area contributed by atoms with Gasteiger partial charge in [-0.1, -0.05) is 0 Å². The lowest BCUT2D eigenvalue weighted by atomic mass is 10.7. The van der Waals surface area contributed by atoms with Crippen LogP contribution < -0.4 is 20.7 Å². The molecule has 2 aromatic rings. The van der Waals surface area contributed by atoms with Gasteiger partial charge in [0.2, 0.25) is 15.0 Å². The van der Waals surface area contributed by atoms with Crippen LogP contribution in [-0.4, -0.2) is 45.6 Å². The lowest BCUT2D eigenvalue weighted by Crippen LogP contribution is -2.35. The fourth-order valence-electron chi connectivity index (χ4n) is 1.61. The Morgan fingerprint density at radius 2 is 1.95 bits per heavy atom. The van der Waals surface area contributed by atoms with Crippen molar-refractivity contribution in [1.29, 1.82) is 0 Å². The molecule has 0 atom stereocenters. The van der Waals surface area contributed by atoms with E-state index in [4.69, 9.17) is 5.84 Å². The highest BCUT2D eigenvalue weighted by Crippen LogP contribution is 2.24. The van der Waals surface area contributed by atoms with E-state index in [1.54, 1.807) is 11.6 Å². The van der Waals surface area contributed by atoms with Gasteiger partial charge in [0.05, 0.1) is 6.26 Å². The van der Waals surface area contributed by atoms with Crippen molar-refractivity contribution in [3.63, 3.8) is 0 Å². The molecule has 0 saturated carbocycles. The van der Waals surface area contributed by atoms with E-state index in [1.807, 2.05) is 0 Å². The number of thiazole rings is 1. The van der Waals surface area contributed by atoms with Gasteiger partial charge in [-0.15, -0.1) is 11.3 Å². The third kappa shape index (κ3) is 3.69. The van der Waals surface area contributed by atoms with E-state index in [0.717, 1.165) is 6.26 Å². The smallest absolute Gasteiger partial charge is 0.260 e. The summed E-state index contributed by atoms with van der Waals surface area (Å²) in [5.41, 5.74) is 2.24. The summed E-state index contributed by atoms with van der Waals surface area (Å²) in [6, 6.07) is 0. The third-order valence-corrected chi connectivity index (χ3v) is 5.36. The Kier molecular flexibility index (Phi) is 4.50. The molecule has 13 heteroatoms. The molecule has 10 nitrogen and oxygen atoms in total. The van der Waals surface area contributed by atoms with Crippen molar-refractivity contribution < 1.29 is 16.8 Å². The number of hydrazine groups is 1. The van der Waals surface area contributed by atoms with Gasteiger partial charge >= 0.3 is 0 Å². The van der Waals surface area contributed by atoms with E-state index < -0.39 is 20.0 Å². The number of hydrogen-bond acceptors (Lipinski definition) is 8. The quantitative estimate of drug-likeness (QED) is 0.269. The van der Waals surface area contributed by atoms with E-state index in [2.05, 4.69) is 19.9 Å². The van der Waals surface area contributed by atoms with Gasteiger partial charge in [-0.25, -0.2) is 32.1 Å². The lowest BCUT2D eigenvalue weighted by Gasteiger charge is -2.07. The van der Waals surface area contributed by atoms with Crippen LogP contribution in [0, 0.1) is 0 Å². The highest BCUT2D eigenvalue weighted by molar-refractivity contribution is 7.89. The molecule has 0 spiro atoms. The molecule has 2 heterocycles. The monoisotopic (exact) mass is 354 g/mol. The topological polar surface area (TPSA) is 148 Å². The molecular formula is C8H14N6O4S3. The van der Waals surface area contributed by atoms with Crippen LogP contribution in [0.5, 0.6) is 0 Å². The van der Waals surface area contributed by atoms with Gasteiger partial charge in [0.1, 0.15) is 0 Å². The summed E-state index contributed by atoms with van der Waals surface area (Å²) in [4.78, 5) is 4.51. The molecule has 0 aliphatic rings. The van der Waals surface area contributed by atoms with Gasteiger partial charge in [-0.05, 0) is 0 Å². The summed E-state index contributed by atoms with van der Waals surface area (Å²) >= 11 is 1.26. The molecule has 0 aromatic carbocycles. The first kappa shape index (κ1) is 16.1. The van der Waals surface area contributed by atoms with E-state index in [0.29, 0.717) is 4.96 Å². The maximum atomic E-state index is 12.3. The second-order valence-corrected chi connectivity index (χ2v) is 8.42. The van der Waals surface area contributed by atoms with Crippen LogP contribution in [-0.2, 0) is 20.0 Å². The number of sulfonamides is 2. The summed E-state index contributed by atoms with van der Waals surface area (Å²) in [7, 11) is -7.26. The predicted octanol–water partition coefficient (Wildman–Crippen LogP) is -1.49. The molecule has 0 aliphatic heterocycles. The second-order valence-electron chi connectivity index (χ2n) is 4.03. The average molecular weight is 354 g/mol. The fourth-order valence-corrected chi connectivity index (χ4v) is 4.12. The predicted molar refractivity (Wildman–Crippen MR) is 78.9 cm³/mol. The summed E-state index contributed by atoms with van der Waals surface area (Å²) in [6.07, 6.45) is 2.54.